The highest BCUT2D eigenvalue weighted by Crippen LogP contribution is 2.31. The van der Waals surface area contributed by atoms with Crippen LogP contribution in [0.1, 0.15) is 21.7 Å². The van der Waals surface area contributed by atoms with Crippen molar-refractivity contribution >= 4 is 40.7 Å². The number of hydrogen-bond donors (Lipinski definition) is 1. The molecular weight excluding hydrogens is 456 g/mol. The van der Waals surface area contributed by atoms with Crippen LogP contribution in [0.25, 0.3) is 17.4 Å². The summed E-state index contributed by atoms with van der Waals surface area (Å²) in [7, 11) is 0. The van der Waals surface area contributed by atoms with E-state index in [1.807, 2.05) is 0 Å². The summed E-state index contributed by atoms with van der Waals surface area (Å²) < 4.78 is 5.65. The fraction of sp³-hybridized carbons (Fsp3) is 0. The summed E-state index contributed by atoms with van der Waals surface area (Å²) in [6, 6.07) is 22.7. The van der Waals surface area contributed by atoms with Crippen LogP contribution in [0.2, 0.25) is 5.02 Å². The molecule has 0 atom stereocenters. The SMILES string of the molecule is O=C(/C=C/c1ccc(-c2ccccc2[N+](=O)[O-])o1)Nc1ccc(Cl)cc1C(=O)c1ccccc1. The van der Waals surface area contributed by atoms with Crippen molar-refractivity contribution in [1.82, 2.24) is 0 Å². The standard InChI is InChI=1S/C26H17ClN2O5/c27-18-10-13-22(21(16-18)26(31)17-6-2-1-3-7-17)28-25(30)15-12-19-11-14-24(34-19)20-8-4-5-9-23(20)29(32)33/h1-16H,(H,28,30)/b15-12+. The number of rotatable bonds is 7. The maximum Gasteiger partial charge on any atom is 0.280 e. The second-order valence-electron chi connectivity index (χ2n) is 7.18. The third-order valence-corrected chi connectivity index (χ3v) is 5.15. The Bertz CT molecular complexity index is 1410. The van der Waals surface area contributed by atoms with Gasteiger partial charge in [-0.3, -0.25) is 19.7 Å². The number of anilines is 1. The summed E-state index contributed by atoms with van der Waals surface area (Å²) in [6.07, 6.45) is 2.68. The van der Waals surface area contributed by atoms with Gasteiger partial charge in [0, 0.05) is 28.3 Å². The Hall–Kier alpha value is -4.49. The van der Waals surface area contributed by atoms with E-state index in [1.54, 1.807) is 72.8 Å². The van der Waals surface area contributed by atoms with Crippen molar-refractivity contribution in [2.75, 3.05) is 5.32 Å². The number of nitro benzene ring substituents is 1. The molecule has 1 N–H and O–H groups in total. The Morgan fingerprint density at radius 2 is 1.68 bits per heavy atom. The molecule has 0 aliphatic carbocycles. The molecule has 7 nitrogen and oxygen atoms in total. The molecule has 0 saturated carbocycles. The number of halogens is 1. The molecular formula is C26H17ClN2O5. The molecule has 1 amide bonds. The third kappa shape index (κ3) is 5.11. The first-order valence-electron chi connectivity index (χ1n) is 10.1. The van der Waals surface area contributed by atoms with Gasteiger partial charge in [0.2, 0.25) is 5.91 Å². The number of nitro groups is 1. The molecule has 0 saturated heterocycles. The molecule has 4 aromatic rings. The first-order chi connectivity index (χ1) is 16.4. The first kappa shape index (κ1) is 22.7. The molecule has 1 heterocycles. The zero-order chi connectivity index (χ0) is 24.1. The van der Waals surface area contributed by atoms with E-state index >= 15 is 0 Å². The topological polar surface area (TPSA) is 102 Å². The monoisotopic (exact) mass is 472 g/mol. The number of nitrogens with one attached hydrogen (secondary N) is 1. The van der Waals surface area contributed by atoms with E-state index in [1.165, 1.54) is 24.3 Å². The molecule has 0 aliphatic heterocycles. The molecule has 1 aromatic heterocycles. The van der Waals surface area contributed by atoms with Crippen LogP contribution < -0.4 is 5.32 Å². The quantitative estimate of drug-likeness (QED) is 0.145. The number of amides is 1. The number of benzene rings is 3. The molecule has 0 unspecified atom stereocenters. The second kappa shape index (κ2) is 9.97. The molecule has 4 rings (SSSR count). The number of carbonyl (C=O) groups excluding carboxylic acids is 2. The number of ketones is 1. The number of hydrogen-bond acceptors (Lipinski definition) is 5. The summed E-state index contributed by atoms with van der Waals surface area (Å²) >= 11 is 6.08. The highest BCUT2D eigenvalue weighted by Gasteiger charge is 2.17. The van der Waals surface area contributed by atoms with Crippen LogP contribution in [0.5, 0.6) is 0 Å². The van der Waals surface area contributed by atoms with Crippen LogP contribution in [0, 0.1) is 10.1 Å². The van der Waals surface area contributed by atoms with Gasteiger partial charge in [-0.1, -0.05) is 54.1 Å². The van der Waals surface area contributed by atoms with Crippen LogP contribution >= 0.6 is 11.6 Å². The van der Waals surface area contributed by atoms with Gasteiger partial charge in [-0.05, 0) is 42.5 Å². The normalized spacial score (nSPS) is 10.9. The molecule has 3 aromatic carbocycles. The average molecular weight is 473 g/mol. The van der Waals surface area contributed by atoms with Crippen molar-refractivity contribution in [2.45, 2.75) is 0 Å². The Kier molecular flexibility index (Phi) is 6.66. The Morgan fingerprint density at radius 3 is 2.44 bits per heavy atom. The van der Waals surface area contributed by atoms with Crippen molar-refractivity contribution in [2.24, 2.45) is 0 Å². The van der Waals surface area contributed by atoms with Gasteiger partial charge in [0.25, 0.3) is 5.69 Å². The smallest absolute Gasteiger partial charge is 0.280 e. The Balaban J connectivity index is 1.52. The van der Waals surface area contributed by atoms with Gasteiger partial charge in [0.05, 0.1) is 16.2 Å². The minimum absolute atomic E-state index is 0.0801. The predicted molar refractivity (Wildman–Crippen MR) is 130 cm³/mol. The van der Waals surface area contributed by atoms with Gasteiger partial charge in [0.15, 0.2) is 5.78 Å². The van der Waals surface area contributed by atoms with Crippen LogP contribution in [0.3, 0.4) is 0 Å². The van der Waals surface area contributed by atoms with E-state index in [0.29, 0.717) is 33.4 Å². The van der Waals surface area contributed by atoms with E-state index < -0.39 is 10.8 Å². The second-order valence-corrected chi connectivity index (χ2v) is 7.62. The van der Waals surface area contributed by atoms with E-state index in [-0.39, 0.29) is 17.0 Å². The molecule has 0 spiro atoms. The maximum absolute atomic E-state index is 12.9. The fourth-order valence-electron chi connectivity index (χ4n) is 3.32. The lowest BCUT2D eigenvalue weighted by Crippen LogP contribution is -2.12. The molecule has 34 heavy (non-hydrogen) atoms. The lowest BCUT2D eigenvalue weighted by molar-refractivity contribution is -0.384. The minimum Gasteiger partial charge on any atom is -0.456 e. The molecule has 8 heteroatoms. The van der Waals surface area contributed by atoms with Crippen LogP contribution in [-0.4, -0.2) is 16.6 Å². The fourth-order valence-corrected chi connectivity index (χ4v) is 3.49. The predicted octanol–water partition coefficient (Wildman–Crippen LogP) is 6.39. The highest BCUT2D eigenvalue weighted by atomic mass is 35.5. The minimum atomic E-state index is -0.493. The molecule has 0 fully saturated rings. The van der Waals surface area contributed by atoms with Crippen LogP contribution in [0.4, 0.5) is 11.4 Å². The van der Waals surface area contributed by atoms with Crippen molar-refractivity contribution < 1.29 is 18.9 Å². The van der Waals surface area contributed by atoms with Gasteiger partial charge in [-0.25, -0.2) is 0 Å². The lowest BCUT2D eigenvalue weighted by Gasteiger charge is -2.10. The summed E-state index contributed by atoms with van der Waals surface area (Å²) in [5.74, 6) is -0.128. The van der Waals surface area contributed by atoms with Gasteiger partial charge in [-0.2, -0.15) is 0 Å². The number of para-hydroxylation sites is 1. The maximum atomic E-state index is 12.9. The highest BCUT2D eigenvalue weighted by molar-refractivity contribution is 6.31. The van der Waals surface area contributed by atoms with Crippen LogP contribution in [0.15, 0.2) is 95.4 Å². The van der Waals surface area contributed by atoms with Gasteiger partial charge in [-0.15, -0.1) is 0 Å². The molecule has 168 valence electrons. The number of furan rings is 1. The summed E-state index contributed by atoms with van der Waals surface area (Å²) in [5.41, 5.74) is 1.30. The van der Waals surface area contributed by atoms with Gasteiger partial charge >= 0.3 is 0 Å². The number of nitrogens with zero attached hydrogens (tertiary/aromatic N) is 1. The van der Waals surface area contributed by atoms with Crippen molar-refractivity contribution in [1.29, 1.82) is 0 Å². The lowest BCUT2D eigenvalue weighted by atomic mass is 10.0. The van der Waals surface area contributed by atoms with Gasteiger partial charge < -0.3 is 9.73 Å². The largest absolute Gasteiger partial charge is 0.456 e. The van der Waals surface area contributed by atoms with Crippen molar-refractivity contribution in [3.63, 3.8) is 0 Å². The van der Waals surface area contributed by atoms with E-state index in [4.69, 9.17) is 16.0 Å². The summed E-state index contributed by atoms with van der Waals surface area (Å²) in [5, 5.41) is 14.3. The summed E-state index contributed by atoms with van der Waals surface area (Å²) in [6.45, 7) is 0. The van der Waals surface area contributed by atoms with Gasteiger partial charge in [0.1, 0.15) is 11.5 Å². The molecule has 0 radical (unpaired) electrons. The van der Waals surface area contributed by atoms with E-state index in [2.05, 4.69) is 5.32 Å². The number of carbonyl (C=O) groups is 2. The first-order valence-corrected chi connectivity index (χ1v) is 10.5. The Labute approximate surface area is 199 Å². The summed E-state index contributed by atoms with van der Waals surface area (Å²) in [4.78, 5) is 36.2. The van der Waals surface area contributed by atoms with E-state index in [9.17, 15) is 19.7 Å². The van der Waals surface area contributed by atoms with Crippen LogP contribution in [-0.2, 0) is 4.79 Å². The zero-order valence-electron chi connectivity index (χ0n) is 17.6. The molecule has 0 bridgehead atoms. The van der Waals surface area contributed by atoms with Crippen molar-refractivity contribution in [3.8, 4) is 11.3 Å². The third-order valence-electron chi connectivity index (χ3n) is 4.91. The van der Waals surface area contributed by atoms with E-state index in [0.717, 1.165) is 0 Å². The molecule has 0 aliphatic rings. The average Bonchev–Trinajstić information content (AvgIpc) is 3.33. The Morgan fingerprint density at radius 1 is 0.941 bits per heavy atom. The zero-order valence-corrected chi connectivity index (χ0v) is 18.4. The van der Waals surface area contributed by atoms with Crippen molar-refractivity contribution in [3.05, 3.63) is 123 Å².